The zero-order valence-electron chi connectivity index (χ0n) is 26.3. The highest BCUT2D eigenvalue weighted by molar-refractivity contribution is 7.26. The average molecular weight is 685 g/mol. The number of hydrogen-bond acceptors (Lipinski definition) is 4. The van der Waals surface area contributed by atoms with Crippen molar-refractivity contribution in [1.82, 2.24) is 0 Å². The molecule has 0 unspecified atom stereocenters. The lowest BCUT2D eigenvalue weighted by Gasteiger charge is -2.31. The first kappa shape index (κ1) is 29.7. The molecule has 9 aromatic rings. The molecule has 0 atom stereocenters. The van der Waals surface area contributed by atoms with Crippen LogP contribution in [-0.2, 0) is 0 Å². The van der Waals surface area contributed by atoms with Crippen LogP contribution in [0.15, 0.2) is 175 Å². The maximum Gasteiger partial charge on any atom is 0.0887 e. The van der Waals surface area contributed by atoms with Crippen molar-refractivity contribution in [2.75, 3.05) is 9.80 Å². The Morgan fingerprint density at radius 2 is 1.00 bits per heavy atom. The molecule has 234 valence electrons. The number of anilines is 6. The molecule has 0 aliphatic heterocycles. The van der Waals surface area contributed by atoms with E-state index in [1.165, 1.54) is 41.4 Å². The number of benzene rings is 7. The Bertz CT molecular complexity index is 2590. The lowest BCUT2D eigenvalue weighted by atomic mass is 10.0. The van der Waals surface area contributed by atoms with Gasteiger partial charge in [0, 0.05) is 52.7 Å². The molecule has 2 aromatic heterocycles. The molecule has 0 aliphatic carbocycles. The van der Waals surface area contributed by atoms with Crippen molar-refractivity contribution in [3.8, 4) is 11.1 Å². The minimum atomic E-state index is 0.669. The van der Waals surface area contributed by atoms with Gasteiger partial charge in [-0.25, -0.2) is 0 Å². The van der Waals surface area contributed by atoms with Crippen molar-refractivity contribution in [3.63, 3.8) is 0 Å². The van der Waals surface area contributed by atoms with Crippen molar-refractivity contribution in [3.05, 3.63) is 180 Å². The molecule has 49 heavy (non-hydrogen) atoms. The lowest BCUT2D eigenvalue weighted by molar-refractivity contribution is 1.26. The van der Waals surface area contributed by atoms with E-state index in [0.29, 0.717) is 5.02 Å². The Hall–Kier alpha value is -5.39. The van der Waals surface area contributed by atoms with Crippen molar-refractivity contribution < 1.29 is 0 Å². The second-order valence-corrected chi connectivity index (χ2v) is 14.2. The van der Waals surface area contributed by atoms with Crippen LogP contribution in [0.1, 0.15) is 0 Å². The van der Waals surface area contributed by atoms with Gasteiger partial charge in [0.25, 0.3) is 0 Å². The van der Waals surface area contributed by atoms with Crippen molar-refractivity contribution in [2.45, 2.75) is 0 Å². The summed E-state index contributed by atoms with van der Waals surface area (Å²) in [6.45, 7) is 0. The summed E-state index contributed by atoms with van der Waals surface area (Å²) in [5.41, 5.74) is 8.44. The van der Waals surface area contributed by atoms with Crippen LogP contribution in [0, 0.1) is 0 Å². The van der Waals surface area contributed by atoms with Gasteiger partial charge >= 0.3 is 0 Å². The van der Waals surface area contributed by atoms with Gasteiger partial charge in [-0.1, -0.05) is 121 Å². The fraction of sp³-hybridized carbons (Fsp3) is 0. The highest BCUT2D eigenvalue weighted by Crippen LogP contribution is 2.49. The molecule has 0 saturated heterocycles. The van der Waals surface area contributed by atoms with Gasteiger partial charge in [0.2, 0.25) is 0 Å². The van der Waals surface area contributed by atoms with Crippen molar-refractivity contribution >= 4 is 98.7 Å². The smallest absolute Gasteiger partial charge is 0.0887 e. The molecule has 0 spiro atoms. The average Bonchev–Trinajstić information content (AvgIpc) is 3.76. The van der Waals surface area contributed by atoms with Gasteiger partial charge in [-0.3, -0.25) is 0 Å². The topological polar surface area (TPSA) is 6.48 Å². The molecular weight excluding hydrogens is 656 g/mol. The summed E-state index contributed by atoms with van der Waals surface area (Å²) in [6, 6.07) is 60.0. The van der Waals surface area contributed by atoms with Gasteiger partial charge < -0.3 is 9.80 Å². The van der Waals surface area contributed by atoms with E-state index in [1.54, 1.807) is 11.3 Å². The van der Waals surface area contributed by atoms with E-state index in [9.17, 15) is 0 Å². The van der Waals surface area contributed by atoms with E-state index < -0.39 is 0 Å². The number of halogens is 1. The molecule has 0 aliphatic rings. The number of rotatable bonds is 7. The molecular formula is C44H29ClN2S2. The minimum Gasteiger partial charge on any atom is -0.309 e. The third kappa shape index (κ3) is 5.26. The van der Waals surface area contributed by atoms with Crippen LogP contribution >= 0.6 is 34.3 Å². The molecule has 0 bridgehead atoms. The van der Waals surface area contributed by atoms with Gasteiger partial charge in [0.1, 0.15) is 0 Å². The Morgan fingerprint density at radius 1 is 0.429 bits per heavy atom. The summed E-state index contributed by atoms with van der Waals surface area (Å²) >= 11 is 11.2. The predicted molar refractivity (Wildman–Crippen MR) is 215 cm³/mol. The van der Waals surface area contributed by atoms with Crippen LogP contribution in [0.5, 0.6) is 0 Å². The van der Waals surface area contributed by atoms with Crippen LogP contribution in [0.3, 0.4) is 0 Å². The van der Waals surface area contributed by atoms with Gasteiger partial charge in [-0.05, 0) is 71.8 Å². The Balaban J connectivity index is 1.22. The summed E-state index contributed by atoms with van der Waals surface area (Å²) in [5.74, 6) is 0. The fourth-order valence-corrected chi connectivity index (χ4v) is 9.23. The number of fused-ring (bicyclic) bond motifs is 4. The third-order valence-corrected chi connectivity index (χ3v) is 11.5. The van der Waals surface area contributed by atoms with Gasteiger partial charge in [-0.2, -0.15) is 0 Å². The van der Waals surface area contributed by atoms with Gasteiger partial charge in [0.15, 0.2) is 0 Å². The Morgan fingerprint density at radius 3 is 1.78 bits per heavy atom. The maximum absolute atomic E-state index is 7.62. The van der Waals surface area contributed by atoms with E-state index >= 15 is 0 Å². The Kier molecular flexibility index (Phi) is 7.63. The molecule has 0 amide bonds. The first-order valence-electron chi connectivity index (χ1n) is 16.2. The predicted octanol–water partition coefficient (Wildman–Crippen LogP) is 14.5. The molecule has 0 saturated carbocycles. The standard InChI is InChI=1S/C44H29ClN2S2/c45-43-38(24-13-25-39(43)47(32-17-5-2-6-18-32)40-29-48-41-26-9-8-21-37(40)41)46(31-15-3-1-4-16-31)33-19-11-14-30(28-33)34-22-12-23-36-35-20-7-10-27-42(35)49-44(34)36/h1-29H. The first-order chi connectivity index (χ1) is 24.2. The number of hydrogen-bond donors (Lipinski definition) is 0. The quantitative estimate of drug-likeness (QED) is 0.165. The van der Waals surface area contributed by atoms with Crippen molar-refractivity contribution in [1.29, 1.82) is 0 Å². The van der Waals surface area contributed by atoms with E-state index in [0.717, 1.165) is 34.1 Å². The SMILES string of the molecule is Clc1c(N(c2ccccc2)c2cccc(-c3cccc4c3sc3ccccc34)c2)cccc1N(c1ccccc1)c1csc2ccccc12. The summed E-state index contributed by atoms with van der Waals surface area (Å²) < 4.78 is 3.84. The fourth-order valence-electron chi connectivity index (χ4n) is 6.77. The number of thiophene rings is 2. The highest BCUT2D eigenvalue weighted by atomic mass is 35.5. The minimum absolute atomic E-state index is 0.669. The van der Waals surface area contributed by atoms with Crippen LogP contribution in [0.25, 0.3) is 41.4 Å². The summed E-state index contributed by atoms with van der Waals surface area (Å²) in [7, 11) is 0. The van der Waals surface area contributed by atoms with Gasteiger partial charge in [0.05, 0.1) is 22.1 Å². The summed E-state index contributed by atoms with van der Waals surface area (Å²) in [5, 5.41) is 6.69. The molecule has 0 radical (unpaired) electrons. The summed E-state index contributed by atoms with van der Waals surface area (Å²) in [6.07, 6.45) is 0. The van der Waals surface area contributed by atoms with Crippen LogP contribution in [0.2, 0.25) is 5.02 Å². The number of para-hydroxylation sites is 2. The van der Waals surface area contributed by atoms with Crippen LogP contribution in [-0.4, -0.2) is 0 Å². The highest BCUT2D eigenvalue weighted by Gasteiger charge is 2.24. The molecule has 0 fully saturated rings. The second kappa shape index (κ2) is 12.6. The van der Waals surface area contributed by atoms with Gasteiger partial charge in [-0.15, -0.1) is 22.7 Å². The zero-order valence-corrected chi connectivity index (χ0v) is 28.7. The molecule has 7 aromatic carbocycles. The van der Waals surface area contributed by atoms with E-state index in [-0.39, 0.29) is 0 Å². The van der Waals surface area contributed by atoms with E-state index in [2.05, 4.69) is 185 Å². The monoisotopic (exact) mass is 684 g/mol. The molecule has 5 heteroatoms. The number of nitrogens with zero attached hydrogens (tertiary/aromatic N) is 2. The van der Waals surface area contributed by atoms with E-state index in [4.69, 9.17) is 11.6 Å². The molecule has 0 N–H and O–H groups in total. The molecule has 2 heterocycles. The lowest BCUT2D eigenvalue weighted by Crippen LogP contribution is -2.14. The van der Waals surface area contributed by atoms with Crippen LogP contribution in [0.4, 0.5) is 34.1 Å². The second-order valence-electron chi connectivity index (χ2n) is 11.9. The van der Waals surface area contributed by atoms with E-state index in [1.807, 2.05) is 11.3 Å². The zero-order chi connectivity index (χ0) is 32.7. The largest absolute Gasteiger partial charge is 0.309 e. The van der Waals surface area contributed by atoms with Crippen LogP contribution < -0.4 is 9.80 Å². The maximum atomic E-state index is 7.62. The normalized spacial score (nSPS) is 11.4. The molecule has 9 rings (SSSR count). The molecule has 2 nitrogen and oxygen atoms in total. The first-order valence-corrected chi connectivity index (χ1v) is 18.3. The van der Waals surface area contributed by atoms with Crippen molar-refractivity contribution in [2.24, 2.45) is 0 Å². The summed E-state index contributed by atoms with van der Waals surface area (Å²) in [4.78, 5) is 4.56. The third-order valence-electron chi connectivity index (χ3n) is 8.99. The Labute approximate surface area is 298 Å².